The van der Waals surface area contributed by atoms with Crippen molar-refractivity contribution in [3.8, 4) is 0 Å². The third-order valence-corrected chi connectivity index (χ3v) is 4.39. The first-order chi connectivity index (χ1) is 10.6. The predicted octanol–water partition coefficient (Wildman–Crippen LogP) is 0.858. The molecular formula is C17H26N3O2+. The van der Waals surface area contributed by atoms with Gasteiger partial charge in [-0.25, -0.2) is 4.79 Å². The van der Waals surface area contributed by atoms with Crippen LogP contribution in [-0.2, 0) is 11.3 Å². The topological polar surface area (TPSA) is 62.6 Å². The van der Waals surface area contributed by atoms with Crippen molar-refractivity contribution >= 4 is 11.9 Å². The van der Waals surface area contributed by atoms with Crippen LogP contribution in [0.4, 0.5) is 4.79 Å². The molecule has 0 aliphatic heterocycles. The molecule has 2 rings (SSSR count). The Labute approximate surface area is 132 Å². The van der Waals surface area contributed by atoms with Gasteiger partial charge in [-0.15, -0.1) is 0 Å². The molecule has 120 valence electrons. The van der Waals surface area contributed by atoms with E-state index in [4.69, 9.17) is 0 Å². The summed E-state index contributed by atoms with van der Waals surface area (Å²) in [7, 11) is 1.96. The summed E-state index contributed by atoms with van der Waals surface area (Å²) < 4.78 is 0. The van der Waals surface area contributed by atoms with Crippen LogP contribution in [0.3, 0.4) is 0 Å². The van der Waals surface area contributed by atoms with Crippen LogP contribution >= 0.6 is 0 Å². The Bertz CT molecular complexity index is 498. The lowest BCUT2D eigenvalue weighted by atomic mass is 10.2. The van der Waals surface area contributed by atoms with E-state index in [9.17, 15) is 9.59 Å². The molecule has 0 saturated heterocycles. The molecule has 1 aromatic rings. The first-order valence-corrected chi connectivity index (χ1v) is 8.04. The summed E-state index contributed by atoms with van der Waals surface area (Å²) in [5, 5.41) is 5.34. The largest absolute Gasteiger partial charge is 0.335 e. The van der Waals surface area contributed by atoms with Gasteiger partial charge in [-0.1, -0.05) is 43.2 Å². The smallest absolute Gasteiger partial charge is 0.321 e. The summed E-state index contributed by atoms with van der Waals surface area (Å²) in [5.41, 5.74) is 1.18. The van der Waals surface area contributed by atoms with Crippen LogP contribution in [0.1, 0.15) is 38.2 Å². The molecule has 1 fully saturated rings. The molecular weight excluding hydrogens is 278 g/mol. The molecule has 1 aromatic carbocycles. The average Bonchev–Trinajstić information content (AvgIpc) is 3.00. The first kappa shape index (κ1) is 16.5. The summed E-state index contributed by atoms with van der Waals surface area (Å²) >= 11 is 0. The van der Waals surface area contributed by atoms with Gasteiger partial charge < -0.3 is 10.2 Å². The van der Waals surface area contributed by atoms with Gasteiger partial charge in [0.1, 0.15) is 6.54 Å². The van der Waals surface area contributed by atoms with Gasteiger partial charge in [0, 0.05) is 11.6 Å². The van der Waals surface area contributed by atoms with Gasteiger partial charge in [0.05, 0.1) is 7.05 Å². The molecule has 5 heteroatoms. The minimum absolute atomic E-state index is 0.220. The maximum atomic E-state index is 12.2. The van der Waals surface area contributed by atoms with Crippen LogP contribution in [0.2, 0.25) is 0 Å². The number of hydrogen-bond acceptors (Lipinski definition) is 2. The summed E-state index contributed by atoms with van der Waals surface area (Å²) in [4.78, 5) is 25.1. The van der Waals surface area contributed by atoms with Gasteiger partial charge in [-0.3, -0.25) is 10.1 Å². The summed E-state index contributed by atoms with van der Waals surface area (Å²) in [6, 6.07) is 9.61. The molecule has 0 spiro atoms. The van der Waals surface area contributed by atoms with E-state index in [-0.39, 0.29) is 24.0 Å². The van der Waals surface area contributed by atoms with Crippen molar-refractivity contribution in [2.45, 2.75) is 51.2 Å². The summed E-state index contributed by atoms with van der Waals surface area (Å²) in [6.07, 6.45) is 4.32. The number of nitrogens with one attached hydrogen (secondary N) is 3. The van der Waals surface area contributed by atoms with Crippen LogP contribution in [0.15, 0.2) is 30.3 Å². The van der Waals surface area contributed by atoms with E-state index in [1.54, 1.807) is 0 Å². The molecule has 0 bridgehead atoms. The Balaban J connectivity index is 1.79. The maximum Gasteiger partial charge on any atom is 0.321 e. The SMILES string of the molecule is C[C@H](C(=O)NC(=O)NC1CCCC1)[NH+](C)Cc1ccccc1. The van der Waals surface area contributed by atoms with Crippen LogP contribution in [0.5, 0.6) is 0 Å². The number of likely N-dealkylation sites (N-methyl/N-ethyl adjacent to an activating group) is 1. The van der Waals surface area contributed by atoms with Gasteiger partial charge in [-0.05, 0) is 19.8 Å². The number of hydrogen-bond donors (Lipinski definition) is 3. The van der Waals surface area contributed by atoms with Crippen LogP contribution in [-0.4, -0.2) is 31.1 Å². The number of carbonyl (C=O) groups is 2. The van der Waals surface area contributed by atoms with E-state index in [0.29, 0.717) is 0 Å². The number of quaternary nitrogens is 1. The summed E-state index contributed by atoms with van der Waals surface area (Å²) in [6.45, 7) is 2.59. The molecule has 1 aliphatic carbocycles. The predicted molar refractivity (Wildman–Crippen MR) is 85.4 cm³/mol. The average molecular weight is 304 g/mol. The van der Waals surface area contributed by atoms with E-state index >= 15 is 0 Å². The number of imide groups is 1. The molecule has 0 heterocycles. The Morgan fingerprint density at radius 3 is 2.50 bits per heavy atom. The van der Waals surface area contributed by atoms with Gasteiger partial charge >= 0.3 is 6.03 Å². The number of benzene rings is 1. The number of carbonyl (C=O) groups excluding carboxylic acids is 2. The Kier molecular flexibility index (Phi) is 5.95. The fraction of sp³-hybridized carbons (Fsp3) is 0.529. The minimum Gasteiger partial charge on any atom is -0.335 e. The van der Waals surface area contributed by atoms with Crippen molar-refractivity contribution in [3.63, 3.8) is 0 Å². The Morgan fingerprint density at radius 2 is 1.86 bits per heavy atom. The molecule has 22 heavy (non-hydrogen) atoms. The van der Waals surface area contributed by atoms with Gasteiger partial charge in [0.2, 0.25) is 0 Å². The van der Waals surface area contributed by atoms with Gasteiger partial charge in [0.15, 0.2) is 6.04 Å². The van der Waals surface area contributed by atoms with Crippen molar-refractivity contribution in [2.75, 3.05) is 7.05 Å². The van der Waals surface area contributed by atoms with E-state index in [2.05, 4.69) is 10.6 Å². The zero-order valence-electron chi connectivity index (χ0n) is 13.4. The number of amides is 3. The highest BCUT2D eigenvalue weighted by atomic mass is 16.2. The van der Waals surface area contributed by atoms with E-state index in [1.807, 2.05) is 44.3 Å². The second-order valence-corrected chi connectivity index (χ2v) is 6.17. The van der Waals surface area contributed by atoms with Crippen molar-refractivity contribution in [2.24, 2.45) is 0 Å². The standard InChI is InChI=1S/C17H25N3O2/c1-13(20(2)12-14-8-4-3-5-9-14)16(21)19-17(22)18-15-10-6-7-11-15/h3-5,8-9,13,15H,6-7,10-12H2,1-2H3,(H2,18,19,21,22)/p+1/t13-/m1/s1. The monoisotopic (exact) mass is 304 g/mol. The van der Waals surface area contributed by atoms with Gasteiger partial charge in [0.25, 0.3) is 5.91 Å². The fourth-order valence-electron chi connectivity index (χ4n) is 2.81. The second kappa shape index (κ2) is 7.94. The molecule has 3 N–H and O–H groups in total. The van der Waals surface area contributed by atoms with Crippen molar-refractivity contribution < 1.29 is 14.5 Å². The highest BCUT2D eigenvalue weighted by Gasteiger charge is 2.25. The molecule has 0 aromatic heterocycles. The number of urea groups is 1. The van der Waals surface area contributed by atoms with Crippen LogP contribution in [0.25, 0.3) is 0 Å². The lowest BCUT2D eigenvalue weighted by Gasteiger charge is -2.21. The Morgan fingerprint density at radius 1 is 1.23 bits per heavy atom. The number of rotatable bonds is 5. The van der Waals surface area contributed by atoms with E-state index < -0.39 is 0 Å². The maximum absolute atomic E-state index is 12.2. The van der Waals surface area contributed by atoms with E-state index in [0.717, 1.165) is 37.1 Å². The van der Waals surface area contributed by atoms with Crippen molar-refractivity contribution in [1.82, 2.24) is 10.6 Å². The van der Waals surface area contributed by atoms with Crippen LogP contribution < -0.4 is 15.5 Å². The third kappa shape index (κ3) is 4.84. The fourth-order valence-corrected chi connectivity index (χ4v) is 2.81. The highest BCUT2D eigenvalue weighted by Crippen LogP contribution is 2.17. The van der Waals surface area contributed by atoms with Crippen LogP contribution in [0, 0.1) is 0 Å². The molecule has 1 unspecified atom stereocenters. The molecule has 5 nitrogen and oxygen atoms in total. The molecule has 1 saturated carbocycles. The third-order valence-electron chi connectivity index (χ3n) is 4.39. The zero-order chi connectivity index (χ0) is 15.9. The molecule has 0 radical (unpaired) electrons. The highest BCUT2D eigenvalue weighted by molar-refractivity contribution is 5.96. The normalized spacial score (nSPS) is 17.7. The Hall–Kier alpha value is -1.88. The lowest BCUT2D eigenvalue weighted by molar-refractivity contribution is -0.908. The second-order valence-electron chi connectivity index (χ2n) is 6.17. The van der Waals surface area contributed by atoms with Crippen molar-refractivity contribution in [3.05, 3.63) is 35.9 Å². The minimum atomic E-state index is -0.365. The van der Waals surface area contributed by atoms with E-state index in [1.165, 1.54) is 5.56 Å². The first-order valence-electron chi connectivity index (χ1n) is 8.04. The molecule has 3 amide bonds. The van der Waals surface area contributed by atoms with Gasteiger partial charge in [-0.2, -0.15) is 0 Å². The van der Waals surface area contributed by atoms with Crippen molar-refractivity contribution in [1.29, 1.82) is 0 Å². The lowest BCUT2D eigenvalue weighted by Crippen LogP contribution is -3.12. The quantitative estimate of drug-likeness (QED) is 0.755. The molecule has 2 atom stereocenters. The summed E-state index contributed by atoms with van der Waals surface area (Å²) in [5.74, 6) is -0.232. The zero-order valence-corrected chi connectivity index (χ0v) is 13.4. The molecule has 1 aliphatic rings.